The minimum atomic E-state index is -3.83. The molecule has 0 heterocycles. The van der Waals surface area contributed by atoms with E-state index in [-0.39, 0.29) is 4.90 Å². The molecule has 0 aliphatic heterocycles. The van der Waals surface area contributed by atoms with Crippen molar-refractivity contribution in [2.24, 2.45) is 0 Å². The molecule has 0 fully saturated rings. The van der Waals surface area contributed by atoms with Crippen molar-refractivity contribution in [2.45, 2.75) is 45.6 Å². The number of sulfonamides is 1. The molecule has 0 saturated heterocycles. The zero-order valence-electron chi connectivity index (χ0n) is 15.5. The lowest BCUT2D eigenvalue weighted by molar-refractivity contribution is -0.117. The van der Waals surface area contributed by atoms with Gasteiger partial charge in [0.2, 0.25) is 15.9 Å². The molecule has 1 unspecified atom stereocenters. The Morgan fingerprint density at radius 2 is 1.58 bits per heavy atom. The Hall–Kier alpha value is -1.89. The van der Waals surface area contributed by atoms with E-state index in [9.17, 15) is 13.2 Å². The molecule has 0 aliphatic rings. The van der Waals surface area contributed by atoms with Crippen LogP contribution in [0.5, 0.6) is 0 Å². The van der Waals surface area contributed by atoms with Gasteiger partial charge < -0.3 is 5.32 Å². The van der Waals surface area contributed by atoms with E-state index < -0.39 is 22.0 Å². The molecule has 0 saturated carbocycles. The van der Waals surface area contributed by atoms with E-state index >= 15 is 0 Å². The molecule has 0 radical (unpaired) electrons. The first-order chi connectivity index (χ1) is 12.0. The second kappa shape index (κ2) is 7.78. The smallest absolute Gasteiger partial charge is 0.242 e. The lowest BCUT2D eigenvalue weighted by Gasteiger charge is -2.18. The van der Waals surface area contributed by atoms with Crippen LogP contribution in [0.15, 0.2) is 35.2 Å². The average molecular weight is 395 g/mol. The number of hydrogen-bond donors (Lipinski definition) is 2. The van der Waals surface area contributed by atoms with E-state index in [1.807, 2.05) is 26.0 Å². The highest BCUT2D eigenvalue weighted by Gasteiger charge is 2.25. The minimum absolute atomic E-state index is 0.210. The molecular weight excluding hydrogens is 372 g/mol. The van der Waals surface area contributed by atoms with Gasteiger partial charge in [-0.3, -0.25) is 4.79 Å². The van der Waals surface area contributed by atoms with Gasteiger partial charge in [0.25, 0.3) is 0 Å². The van der Waals surface area contributed by atoms with Crippen LogP contribution in [0.4, 0.5) is 5.69 Å². The first-order valence-corrected chi connectivity index (χ1v) is 10.0. The largest absolute Gasteiger partial charge is 0.324 e. The molecule has 140 valence electrons. The summed E-state index contributed by atoms with van der Waals surface area (Å²) in [5.74, 6) is -0.457. The van der Waals surface area contributed by atoms with E-state index in [1.165, 1.54) is 6.92 Å². The molecule has 5 nitrogen and oxygen atoms in total. The van der Waals surface area contributed by atoms with Crippen molar-refractivity contribution in [1.29, 1.82) is 0 Å². The van der Waals surface area contributed by atoms with Gasteiger partial charge in [-0.05, 0) is 63.4 Å². The summed E-state index contributed by atoms with van der Waals surface area (Å²) < 4.78 is 28.0. The number of amides is 1. The zero-order chi connectivity index (χ0) is 19.6. The minimum Gasteiger partial charge on any atom is -0.324 e. The number of hydrogen-bond acceptors (Lipinski definition) is 3. The molecule has 1 atom stereocenters. The lowest BCUT2D eigenvalue weighted by Crippen LogP contribution is -2.42. The zero-order valence-corrected chi connectivity index (χ0v) is 17.0. The number of rotatable bonds is 5. The molecule has 26 heavy (non-hydrogen) atoms. The van der Waals surface area contributed by atoms with Crippen molar-refractivity contribution in [3.63, 3.8) is 0 Å². The summed E-state index contributed by atoms with van der Waals surface area (Å²) in [7, 11) is -3.83. The van der Waals surface area contributed by atoms with Gasteiger partial charge in [0.1, 0.15) is 0 Å². The van der Waals surface area contributed by atoms with Gasteiger partial charge in [-0.15, -0.1) is 0 Å². The van der Waals surface area contributed by atoms with Crippen molar-refractivity contribution in [2.75, 3.05) is 5.32 Å². The van der Waals surface area contributed by atoms with E-state index in [0.29, 0.717) is 21.8 Å². The standard InChI is InChI=1S/C19H23ClN2O3S/c1-11-8-13(3)18(14(4)9-11)26(24,25)22-15(5)19(23)21-17-10-16(20)7-6-12(17)2/h6-10,15,22H,1-5H3,(H,21,23). The second-order valence-electron chi connectivity index (χ2n) is 6.52. The summed E-state index contributed by atoms with van der Waals surface area (Å²) in [5, 5.41) is 3.20. The van der Waals surface area contributed by atoms with Gasteiger partial charge >= 0.3 is 0 Å². The maximum atomic E-state index is 12.8. The fraction of sp³-hybridized carbons (Fsp3) is 0.316. The molecule has 0 bridgehead atoms. The molecule has 2 N–H and O–H groups in total. The third-order valence-corrected chi connectivity index (χ3v) is 6.14. The summed E-state index contributed by atoms with van der Waals surface area (Å²) >= 11 is 5.95. The molecule has 7 heteroatoms. The molecule has 1 amide bonds. The first kappa shape index (κ1) is 20.4. The van der Waals surface area contributed by atoms with Gasteiger partial charge in [0.05, 0.1) is 10.9 Å². The maximum Gasteiger partial charge on any atom is 0.242 e. The predicted molar refractivity (Wildman–Crippen MR) is 105 cm³/mol. The summed E-state index contributed by atoms with van der Waals surface area (Å²) in [6.45, 7) is 8.74. The van der Waals surface area contributed by atoms with E-state index in [4.69, 9.17) is 11.6 Å². The van der Waals surface area contributed by atoms with Crippen molar-refractivity contribution in [1.82, 2.24) is 4.72 Å². The normalized spacial score (nSPS) is 12.7. The molecule has 0 spiro atoms. The Balaban J connectivity index is 2.22. The summed E-state index contributed by atoms with van der Waals surface area (Å²) in [6, 6.07) is 7.81. The molecule has 2 aromatic carbocycles. The van der Waals surface area contributed by atoms with Crippen molar-refractivity contribution < 1.29 is 13.2 Å². The topological polar surface area (TPSA) is 75.3 Å². The van der Waals surface area contributed by atoms with E-state index in [1.54, 1.807) is 32.0 Å². The van der Waals surface area contributed by atoms with Crippen molar-refractivity contribution >= 4 is 33.2 Å². The third kappa shape index (κ3) is 4.63. The molecule has 0 aromatic heterocycles. The average Bonchev–Trinajstić information content (AvgIpc) is 2.48. The Morgan fingerprint density at radius 1 is 1.00 bits per heavy atom. The van der Waals surface area contributed by atoms with Crippen LogP contribution < -0.4 is 10.0 Å². The van der Waals surface area contributed by atoms with Crippen LogP contribution in [-0.2, 0) is 14.8 Å². The highest BCUT2D eigenvalue weighted by Crippen LogP contribution is 2.23. The van der Waals surface area contributed by atoms with Crippen molar-refractivity contribution in [3.05, 3.63) is 57.6 Å². The van der Waals surface area contributed by atoms with E-state index in [0.717, 1.165) is 11.1 Å². The fourth-order valence-electron chi connectivity index (χ4n) is 2.91. The highest BCUT2D eigenvalue weighted by molar-refractivity contribution is 7.89. The van der Waals surface area contributed by atoms with Gasteiger partial charge in [0.15, 0.2) is 0 Å². The number of carbonyl (C=O) groups is 1. The fourth-order valence-corrected chi connectivity index (χ4v) is 4.73. The van der Waals surface area contributed by atoms with Crippen LogP contribution in [0.3, 0.4) is 0 Å². The van der Waals surface area contributed by atoms with Crippen molar-refractivity contribution in [3.8, 4) is 0 Å². The first-order valence-electron chi connectivity index (χ1n) is 8.18. The number of aryl methyl sites for hydroxylation is 4. The van der Waals surface area contributed by atoms with Gasteiger partial charge in [-0.2, -0.15) is 4.72 Å². The number of anilines is 1. The van der Waals surface area contributed by atoms with Crippen LogP contribution in [0.2, 0.25) is 5.02 Å². The SMILES string of the molecule is Cc1cc(C)c(S(=O)(=O)NC(C)C(=O)Nc2cc(Cl)ccc2C)c(C)c1. The van der Waals surface area contributed by atoms with Gasteiger partial charge in [-0.1, -0.05) is 35.4 Å². The lowest BCUT2D eigenvalue weighted by atomic mass is 10.1. The van der Waals surface area contributed by atoms with Crippen LogP contribution in [0.25, 0.3) is 0 Å². The Kier molecular flexibility index (Phi) is 6.11. The number of carbonyl (C=O) groups excluding carboxylic acids is 1. The highest BCUT2D eigenvalue weighted by atomic mass is 35.5. The van der Waals surface area contributed by atoms with Gasteiger partial charge in [-0.25, -0.2) is 8.42 Å². The van der Waals surface area contributed by atoms with Crippen LogP contribution >= 0.6 is 11.6 Å². The summed E-state index contributed by atoms with van der Waals surface area (Å²) in [6.07, 6.45) is 0. The molecular formula is C19H23ClN2O3S. The Labute approximate surface area is 159 Å². The maximum absolute atomic E-state index is 12.8. The second-order valence-corrected chi connectivity index (χ2v) is 8.61. The van der Waals surface area contributed by atoms with Crippen LogP contribution in [-0.4, -0.2) is 20.4 Å². The molecule has 2 rings (SSSR count). The van der Waals surface area contributed by atoms with Crippen LogP contribution in [0.1, 0.15) is 29.2 Å². The molecule has 0 aliphatic carbocycles. The van der Waals surface area contributed by atoms with Gasteiger partial charge in [0, 0.05) is 10.7 Å². The predicted octanol–water partition coefficient (Wildman–Crippen LogP) is 3.88. The monoisotopic (exact) mass is 394 g/mol. The van der Waals surface area contributed by atoms with Crippen LogP contribution in [0, 0.1) is 27.7 Å². The number of halogens is 1. The summed E-state index contributed by atoms with van der Waals surface area (Å²) in [4.78, 5) is 12.6. The Morgan fingerprint density at radius 3 is 2.15 bits per heavy atom. The summed E-state index contributed by atoms with van der Waals surface area (Å²) in [5.41, 5.74) is 3.67. The van der Waals surface area contributed by atoms with E-state index in [2.05, 4.69) is 10.0 Å². The number of nitrogens with one attached hydrogen (secondary N) is 2. The quantitative estimate of drug-likeness (QED) is 0.808. The third-order valence-electron chi connectivity index (χ3n) is 4.06. The Bertz CT molecular complexity index is 932. The molecule has 2 aromatic rings. The number of benzene rings is 2.